The SMILES string of the molecule is Cn1ncc2ccc(C(O)CNC(=O)CCl)cc21. The van der Waals surface area contributed by atoms with Crippen molar-refractivity contribution in [2.24, 2.45) is 7.05 Å². The molecule has 0 saturated heterocycles. The average molecular weight is 268 g/mol. The van der Waals surface area contributed by atoms with Crippen LogP contribution in [0.15, 0.2) is 24.4 Å². The minimum Gasteiger partial charge on any atom is -0.387 e. The monoisotopic (exact) mass is 267 g/mol. The van der Waals surface area contributed by atoms with Crippen molar-refractivity contribution in [1.82, 2.24) is 15.1 Å². The third-order valence-electron chi connectivity index (χ3n) is 2.77. The summed E-state index contributed by atoms with van der Waals surface area (Å²) in [6.45, 7) is 0.148. The fraction of sp³-hybridized carbons (Fsp3) is 0.333. The quantitative estimate of drug-likeness (QED) is 0.811. The first-order valence-corrected chi connectivity index (χ1v) is 6.07. The van der Waals surface area contributed by atoms with E-state index in [2.05, 4.69) is 10.4 Å². The zero-order chi connectivity index (χ0) is 13.1. The number of nitrogens with one attached hydrogen (secondary N) is 1. The Morgan fingerprint density at radius 1 is 1.61 bits per heavy atom. The van der Waals surface area contributed by atoms with Crippen molar-refractivity contribution in [1.29, 1.82) is 0 Å². The van der Waals surface area contributed by atoms with Gasteiger partial charge >= 0.3 is 0 Å². The van der Waals surface area contributed by atoms with Crippen LogP contribution in [0.5, 0.6) is 0 Å². The molecule has 0 aliphatic rings. The second-order valence-corrected chi connectivity index (χ2v) is 4.31. The van der Waals surface area contributed by atoms with E-state index >= 15 is 0 Å². The number of aromatic nitrogens is 2. The van der Waals surface area contributed by atoms with Gasteiger partial charge < -0.3 is 10.4 Å². The number of nitrogens with zero attached hydrogens (tertiary/aromatic N) is 2. The highest BCUT2D eigenvalue weighted by Crippen LogP contribution is 2.19. The normalized spacial score (nSPS) is 12.6. The summed E-state index contributed by atoms with van der Waals surface area (Å²) in [5, 5.41) is 17.7. The molecule has 1 aromatic heterocycles. The molecule has 0 aliphatic heterocycles. The molecule has 18 heavy (non-hydrogen) atoms. The topological polar surface area (TPSA) is 67.2 Å². The van der Waals surface area contributed by atoms with Gasteiger partial charge in [-0.1, -0.05) is 12.1 Å². The summed E-state index contributed by atoms with van der Waals surface area (Å²) >= 11 is 5.36. The molecule has 0 bridgehead atoms. The molecule has 0 saturated carbocycles. The fourth-order valence-electron chi connectivity index (χ4n) is 1.74. The summed E-state index contributed by atoms with van der Waals surface area (Å²) in [6, 6.07) is 5.58. The van der Waals surface area contributed by atoms with Gasteiger partial charge in [-0.2, -0.15) is 5.10 Å². The highest BCUT2D eigenvalue weighted by Gasteiger charge is 2.10. The maximum absolute atomic E-state index is 11.0. The van der Waals surface area contributed by atoms with E-state index in [1.165, 1.54) is 0 Å². The molecule has 96 valence electrons. The molecule has 6 heteroatoms. The molecule has 0 radical (unpaired) electrons. The van der Waals surface area contributed by atoms with Crippen LogP contribution in [0, 0.1) is 0 Å². The van der Waals surface area contributed by atoms with Crippen molar-refractivity contribution < 1.29 is 9.90 Å². The number of aliphatic hydroxyl groups is 1. The van der Waals surface area contributed by atoms with E-state index < -0.39 is 6.10 Å². The molecular formula is C12H14ClN3O2. The van der Waals surface area contributed by atoms with Crippen LogP contribution in [0.25, 0.3) is 10.9 Å². The Hall–Kier alpha value is -1.59. The van der Waals surface area contributed by atoms with Crippen molar-refractivity contribution in [2.75, 3.05) is 12.4 Å². The van der Waals surface area contributed by atoms with Crippen molar-refractivity contribution >= 4 is 28.4 Å². The van der Waals surface area contributed by atoms with Gasteiger partial charge in [-0.05, 0) is 11.6 Å². The van der Waals surface area contributed by atoms with E-state index in [9.17, 15) is 9.90 Å². The van der Waals surface area contributed by atoms with E-state index in [0.29, 0.717) is 0 Å². The van der Waals surface area contributed by atoms with Gasteiger partial charge in [0.2, 0.25) is 5.91 Å². The van der Waals surface area contributed by atoms with Crippen LogP contribution in [0.3, 0.4) is 0 Å². The van der Waals surface area contributed by atoms with Crippen LogP contribution in [-0.2, 0) is 11.8 Å². The second kappa shape index (κ2) is 5.37. The third kappa shape index (κ3) is 2.63. The number of alkyl halides is 1. The van der Waals surface area contributed by atoms with Gasteiger partial charge in [-0.25, -0.2) is 0 Å². The van der Waals surface area contributed by atoms with Crippen molar-refractivity contribution in [3.05, 3.63) is 30.0 Å². The Balaban J connectivity index is 2.14. The first-order chi connectivity index (χ1) is 8.61. The second-order valence-electron chi connectivity index (χ2n) is 4.04. The molecule has 5 nitrogen and oxygen atoms in total. The first-order valence-electron chi connectivity index (χ1n) is 5.54. The van der Waals surface area contributed by atoms with Gasteiger partial charge in [0.15, 0.2) is 0 Å². The number of hydrogen-bond donors (Lipinski definition) is 2. The Bertz CT molecular complexity index is 567. The van der Waals surface area contributed by atoms with Gasteiger partial charge in [-0.15, -0.1) is 11.6 Å². The van der Waals surface area contributed by atoms with Crippen LogP contribution in [0.2, 0.25) is 0 Å². The third-order valence-corrected chi connectivity index (χ3v) is 3.01. The highest BCUT2D eigenvalue weighted by molar-refractivity contribution is 6.27. The molecule has 1 atom stereocenters. The van der Waals surface area contributed by atoms with E-state index in [1.54, 1.807) is 10.9 Å². The van der Waals surface area contributed by atoms with Crippen LogP contribution in [0.1, 0.15) is 11.7 Å². The van der Waals surface area contributed by atoms with Gasteiger partial charge in [0.25, 0.3) is 0 Å². The number of fused-ring (bicyclic) bond motifs is 1. The molecule has 2 N–H and O–H groups in total. The maximum atomic E-state index is 11.0. The van der Waals surface area contributed by atoms with Crippen LogP contribution in [-0.4, -0.2) is 33.2 Å². The molecule has 2 rings (SSSR count). The van der Waals surface area contributed by atoms with Crippen molar-refractivity contribution in [3.8, 4) is 0 Å². The Kier molecular flexibility index (Phi) is 3.84. The summed E-state index contributed by atoms with van der Waals surface area (Å²) < 4.78 is 1.74. The zero-order valence-corrected chi connectivity index (χ0v) is 10.7. The molecule has 0 spiro atoms. The lowest BCUT2D eigenvalue weighted by Gasteiger charge is -2.12. The molecule has 0 aliphatic carbocycles. The number of hydrogen-bond acceptors (Lipinski definition) is 3. The van der Waals surface area contributed by atoms with E-state index in [-0.39, 0.29) is 18.3 Å². The first kappa shape index (κ1) is 12.9. The molecular weight excluding hydrogens is 254 g/mol. The predicted molar refractivity (Wildman–Crippen MR) is 69.4 cm³/mol. The maximum Gasteiger partial charge on any atom is 0.235 e. The van der Waals surface area contributed by atoms with Crippen molar-refractivity contribution in [2.45, 2.75) is 6.10 Å². The molecule has 2 aromatic rings. The summed E-state index contributed by atoms with van der Waals surface area (Å²) in [6.07, 6.45) is 1.01. The summed E-state index contributed by atoms with van der Waals surface area (Å²) in [7, 11) is 1.84. The van der Waals surface area contributed by atoms with Gasteiger partial charge in [-0.3, -0.25) is 9.48 Å². The van der Waals surface area contributed by atoms with Crippen molar-refractivity contribution in [3.63, 3.8) is 0 Å². The number of amides is 1. The molecule has 1 heterocycles. The van der Waals surface area contributed by atoms with Gasteiger partial charge in [0.1, 0.15) is 5.88 Å². The number of aliphatic hydroxyl groups excluding tert-OH is 1. The standard InChI is InChI=1S/C12H14ClN3O2/c1-16-10-4-8(2-3-9(10)6-15-16)11(17)7-14-12(18)5-13/h2-4,6,11,17H,5,7H2,1H3,(H,14,18). The smallest absolute Gasteiger partial charge is 0.235 e. The Morgan fingerprint density at radius 2 is 2.39 bits per heavy atom. The summed E-state index contributed by atoms with van der Waals surface area (Å²) in [5.41, 5.74) is 1.68. The lowest BCUT2D eigenvalue weighted by molar-refractivity contribution is -0.119. The van der Waals surface area contributed by atoms with E-state index in [4.69, 9.17) is 11.6 Å². The minimum atomic E-state index is -0.753. The van der Waals surface area contributed by atoms with Gasteiger partial charge in [0.05, 0.1) is 17.8 Å². The highest BCUT2D eigenvalue weighted by atomic mass is 35.5. The Morgan fingerprint density at radius 3 is 3.11 bits per heavy atom. The number of benzene rings is 1. The predicted octanol–water partition coefficient (Wildman–Crippen LogP) is 0.962. The van der Waals surface area contributed by atoms with E-state index in [0.717, 1.165) is 16.5 Å². The molecule has 1 unspecified atom stereocenters. The van der Waals surface area contributed by atoms with Crippen LogP contribution >= 0.6 is 11.6 Å². The molecule has 0 fully saturated rings. The molecule has 1 aromatic carbocycles. The summed E-state index contributed by atoms with van der Waals surface area (Å²) in [4.78, 5) is 11.0. The number of carbonyl (C=O) groups is 1. The average Bonchev–Trinajstić information content (AvgIpc) is 2.76. The zero-order valence-electron chi connectivity index (χ0n) is 9.93. The van der Waals surface area contributed by atoms with E-state index in [1.807, 2.05) is 25.2 Å². The lowest BCUT2D eigenvalue weighted by Crippen LogP contribution is -2.29. The lowest BCUT2D eigenvalue weighted by atomic mass is 10.1. The Labute approximate surface area is 109 Å². The molecule has 1 amide bonds. The number of carbonyl (C=O) groups excluding carboxylic acids is 1. The van der Waals surface area contributed by atoms with Crippen LogP contribution < -0.4 is 5.32 Å². The number of aryl methyl sites for hydroxylation is 1. The fourth-order valence-corrected chi connectivity index (χ4v) is 1.84. The largest absolute Gasteiger partial charge is 0.387 e. The summed E-state index contributed by atoms with van der Waals surface area (Å²) in [5.74, 6) is -0.398. The number of halogens is 1. The number of rotatable bonds is 4. The minimum absolute atomic E-state index is 0.104. The van der Waals surface area contributed by atoms with Crippen LogP contribution in [0.4, 0.5) is 0 Å². The van der Waals surface area contributed by atoms with Gasteiger partial charge in [0, 0.05) is 19.0 Å².